The lowest BCUT2D eigenvalue weighted by molar-refractivity contribution is -0.126. The summed E-state index contributed by atoms with van der Waals surface area (Å²) in [7, 11) is 0. The Hall–Kier alpha value is -0.640. The molecule has 0 bridgehead atoms. The number of Topliss-reactive ketones (excluding diaryl/α,β-unsaturated/α-hetero) is 1. The third-order valence-electron chi connectivity index (χ3n) is 4.93. The molecule has 0 aliphatic rings. The van der Waals surface area contributed by atoms with Gasteiger partial charge in [-0.2, -0.15) is 0 Å². The Morgan fingerprint density at radius 1 is 1.04 bits per heavy atom. The molecule has 156 valence electrons. The largest absolute Gasteiger partial charge is 0.361 e. The van der Waals surface area contributed by atoms with E-state index in [1.807, 2.05) is 30.5 Å². The summed E-state index contributed by atoms with van der Waals surface area (Å²) in [5.74, 6) is -0.0122. The van der Waals surface area contributed by atoms with E-state index in [9.17, 15) is 9.59 Å². The van der Waals surface area contributed by atoms with E-state index in [2.05, 4.69) is 54.5 Å². The molecule has 1 aromatic carbocycles. The van der Waals surface area contributed by atoms with Crippen molar-refractivity contribution < 1.29 is 9.59 Å². The lowest BCUT2D eigenvalue weighted by Crippen LogP contribution is -2.41. The van der Waals surface area contributed by atoms with Crippen LogP contribution >= 0.6 is 37.2 Å². The van der Waals surface area contributed by atoms with Gasteiger partial charge >= 0.3 is 0 Å². The molecule has 0 aliphatic heterocycles. The maximum atomic E-state index is 12.2. The minimum atomic E-state index is -0.453. The first-order valence-electron chi connectivity index (χ1n) is 10.1. The summed E-state index contributed by atoms with van der Waals surface area (Å²) in [5, 5.41) is 4.04. The first-order valence-corrected chi connectivity index (χ1v) is 16.4. The van der Waals surface area contributed by atoms with E-state index in [-0.39, 0.29) is 11.7 Å². The molecule has 1 amide bonds. The van der Waals surface area contributed by atoms with Crippen LogP contribution in [0.5, 0.6) is 0 Å². The molecule has 0 radical (unpaired) electrons. The smallest absolute Gasteiger partial charge is 0.220 e. The second kappa shape index (κ2) is 15.2. The second-order valence-electron chi connectivity index (χ2n) is 7.17. The topological polar surface area (TPSA) is 62.0 Å². The summed E-state index contributed by atoms with van der Waals surface area (Å²) in [4.78, 5) is 27.4. The van der Waals surface area contributed by atoms with Crippen molar-refractivity contribution in [2.24, 2.45) is 0 Å². The van der Waals surface area contributed by atoms with Gasteiger partial charge < -0.3 is 10.3 Å². The normalized spacial score (nSPS) is 11.6. The molecule has 1 atom stereocenters. The number of fused-ring (bicyclic) bond motifs is 1. The maximum Gasteiger partial charge on any atom is 0.220 e. The number of unbranched alkanes of at least 4 members (excludes halogenated alkanes) is 6. The summed E-state index contributed by atoms with van der Waals surface area (Å²) in [6.45, 7) is 3.76. The molecule has 0 saturated carbocycles. The predicted octanol–water partition coefficient (Wildman–Crippen LogP) is 6.70. The monoisotopic (exact) mass is 610 g/mol. The zero-order valence-corrected chi connectivity index (χ0v) is 21.2. The first-order chi connectivity index (χ1) is 13.6. The number of H-pyrrole nitrogens is 1. The quantitative estimate of drug-likeness (QED) is 0.208. The van der Waals surface area contributed by atoms with Crippen LogP contribution in [0.1, 0.15) is 70.8 Å². The number of hydrogen-bond acceptors (Lipinski definition) is 2. The minimum Gasteiger partial charge on any atom is -0.361 e. The summed E-state index contributed by atoms with van der Waals surface area (Å²) in [5.41, 5.74) is 2.12. The Morgan fingerprint density at radius 2 is 1.68 bits per heavy atom. The summed E-state index contributed by atoms with van der Waals surface area (Å²) >= 11 is 4.24. The van der Waals surface area contributed by atoms with Crippen LogP contribution in [0, 0.1) is 0 Å². The lowest BCUT2D eigenvalue weighted by Gasteiger charge is -2.15. The molecule has 4 nitrogen and oxygen atoms in total. The molecule has 0 spiro atoms. The van der Waals surface area contributed by atoms with Gasteiger partial charge in [-0.1, -0.05) is 63.6 Å². The molecule has 0 aliphatic carbocycles. The van der Waals surface area contributed by atoms with E-state index in [1.54, 1.807) is 6.92 Å². The number of carbonyl (C=O) groups is 2. The number of hydrogen-bond donors (Lipinski definition) is 2. The van der Waals surface area contributed by atoms with Gasteiger partial charge in [0.1, 0.15) is 0 Å². The zero-order valence-electron chi connectivity index (χ0n) is 16.9. The molecule has 0 saturated heterocycles. The van der Waals surface area contributed by atoms with Crippen LogP contribution in [0.2, 0.25) is 0 Å². The highest BCUT2D eigenvalue weighted by Gasteiger charge is 2.19. The van der Waals surface area contributed by atoms with Crippen molar-refractivity contribution in [1.29, 1.82) is 0 Å². The number of carbonyl (C=O) groups excluding carboxylic acids is 2. The Kier molecular flexibility index (Phi) is 13.8. The van der Waals surface area contributed by atoms with Crippen molar-refractivity contribution in [3.63, 3.8) is 0 Å². The Balaban J connectivity index is 0.00000190. The molecule has 2 rings (SSSR count). The van der Waals surface area contributed by atoms with Gasteiger partial charge in [0.15, 0.2) is 5.78 Å². The Bertz CT molecular complexity index is 715. The summed E-state index contributed by atoms with van der Waals surface area (Å²) in [6, 6.07) is 7.57. The standard InChI is InChI=1S/C22H32N2O2.I2/c1-3-4-5-6-7-8-9-14-22(26)24-21(17(2)25)15-18-16-23-20-13-11-10-12-19(18)20;1-2/h10-13,16,21,23H,3-9,14-15H2,1-2H3,(H,24,26);. The molecule has 6 heteroatoms. The van der Waals surface area contributed by atoms with Gasteiger partial charge in [0, 0.05) is 67.2 Å². The van der Waals surface area contributed by atoms with Crippen LogP contribution in [-0.2, 0) is 16.0 Å². The molecule has 1 aromatic heterocycles. The van der Waals surface area contributed by atoms with Crippen molar-refractivity contribution in [2.75, 3.05) is 0 Å². The van der Waals surface area contributed by atoms with Crippen LogP contribution in [0.15, 0.2) is 30.5 Å². The molecular weight excluding hydrogens is 578 g/mol. The number of para-hydroxylation sites is 1. The fourth-order valence-electron chi connectivity index (χ4n) is 3.33. The molecule has 2 aromatic rings. The number of nitrogens with one attached hydrogen (secondary N) is 2. The minimum absolute atomic E-state index is 0.00296. The predicted molar refractivity (Wildman–Crippen MR) is 135 cm³/mol. The van der Waals surface area contributed by atoms with E-state index in [1.165, 1.54) is 32.1 Å². The van der Waals surface area contributed by atoms with Crippen LogP contribution in [-0.4, -0.2) is 22.7 Å². The van der Waals surface area contributed by atoms with E-state index < -0.39 is 6.04 Å². The fraction of sp³-hybridized carbons (Fsp3) is 0.545. The molecular formula is C22H32I2N2O2. The van der Waals surface area contributed by atoms with Crippen LogP contribution < -0.4 is 5.32 Å². The lowest BCUT2D eigenvalue weighted by atomic mass is 10.0. The number of amides is 1. The SMILES string of the molecule is CCCCCCCCCC(=O)NC(Cc1c[nH]c2ccccc12)C(C)=O.II. The zero-order chi connectivity index (χ0) is 20.8. The maximum absolute atomic E-state index is 12.2. The molecule has 1 heterocycles. The highest BCUT2D eigenvalue weighted by Crippen LogP contribution is 2.19. The second-order valence-corrected chi connectivity index (χ2v) is 7.17. The third-order valence-corrected chi connectivity index (χ3v) is 4.93. The third kappa shape index (κ3) is 9.24. The van der Waals surface area contributed by atoms with Gasteiger partial charge in [0.05, 0.1) is 6.04 Å². The van der Waals surface area contributed by atoms with Crippen molar-refractivity contribution in [1.82, 2.24) is 10.3 Å². The summed E-state index contributed by atoms with van der Waals surface area (Å²) < 4.78 is 0. The first kappa shape index (κ1) is 25.4. The number of rotatable bonds is 12. The van der Waals surface area contributed by atoms with E-state index >= 15 is 0 Å². The van der Waals surface area contributed by atoms with Crippen molar-refractivity contribution >= 4 is 59.8 Å². The van der Waals surface area contributed by atoms with Gasteiger partial charge in [0.25, 0.3) is 0 Å². The number of benzene rings is 1. The highest BCUT2D eigenvalue weighted by atomic mass is 128. The van der Waals surface area contributed by atoms with E-state index in [0.717, 1.165) is 29.3 Å². The van der Waals surface area contributed by atoms with Crippen molar-refractivity contribution in [3.8, 4) is 0 Å². The average Bonchev–Trinajstić information content (AvgIpc) is 3.11. The number of halogens is 2. The average molecular weight is 610 g/mol. The summed E-state index contributed by atoms with van der Waals surface area (Å²) in [6.07, 6.45) is 11.3. The van der Waals surface area contributed by atoms with Gasteiger partial charge in [-0.05, 0) is 25.0 Å². The number of aromatic nitrogens is 1. The molecule has 28 heavy (non-hydrogen) atoms. The van der Waals surface area contributed by atoms with E-state index in [0.29, 0.717) is 12.8 Å². The highest BCUT2D eigenvalue weighted by molar-refractivity contribution is 15.0. The molecule has 1 unspecified atom stereocenters. The van der Waals surface area contributed by atoms with Gasteiger partial charge in [-0.15, -0.1) is 0 Å². The van der Waals surface area contributed by atoms with Crippen LogP contribution in [0.3, 0.4) is 0 Å². The van der Waals surface area contributed by atoms with Gasteiger partial charge in [-0.25, -0.2) is 0 Å². The van der Waals surface area contributed by atoms with Gasteiger partial charge in [0.2, 0.25) is 5.91 Å². The number of ketones is 1. The van der Waals surface area contributed by atoms with Crippen molar-refractivity contribution in [3.05, 3.63) is 36.0 Å². The Morgan fingerprint density at radius 3 is 2.36 bits per heavy atom. The van der Waals surface area contributed by atoms with E-state index in [4.69, 9.17) is 0 Å². The van der Waals surface area contributed by atoms with Crippen LogP contribution in [0.25, 0.3) is 10.9 Å². The van der Waals surface area contributed by atoms with Crippen molar-refractivity contribution in [2.45, 2.75) is 77.7 Å². The molecule has 2 N–H and O–H groups in total. The fourth-order valence-corrected chi connectivity index (χ4v) is 3.33. The molecule has 0 fully saturated rings. The van der Waals surface area contributed by atoms with Crippen LogP contribution in [0.4, 0.5) is 0 Å². The van der Waals surface area contributed by atoms with Gasteiger partial charge in [-0.3, -0.25) is 9.59 Å². The number of aromatic amines is 1. The Labute approximate surface area is 192 Å².